The van der Waals surface area contributed by atoms with Gasteiger partial charge in [-0.2, -0.15) is 0 Å². The molecule has 31 heavy (non-hydrogen) atoms. The topological polar surface area (TPSA) is 92.5 Å². The predicted octanol–water partition coefficient (Wildman–Crippen LogP) is 5.07. The van der Waals surface area contributed by atoms with Crippen LogP contribution >= 0.6 is 22.9 Å². The predicted molar refractivity (Wildman–Crippen MR) is 120 cm³/mol. The molecule has 0 atom stereocenters. The standard InChI is InChI=1S/C22H18ClN3O4S/c1-13-16(22(28)25-9-7-20-14(12-25)8-10-31-20)3-2-4-19(13)24-21(27)17-6-5-15(26(29)30)11-18(17)23/h2-6,8,10-11H,7,9,12H2,1H3,(H,24,27). The molecular weight excluding hydrogens is 438 g/mol. The number of nitro benzene ring substituents is 1. The Bertz CT molecular complexity index is 1210. The highest BCUT2D eigenvalue weighted by atomic mass is 35.5. The summed E-state index contributed by atoms with van der Waals surface area (Å²) < 4.78 is 0. The van der Waals surface area contributed by atoms with E-state index in [1.165, 1.54) is 22.6 Å². The number of amides is 2. The molecule has 7 nitrogen and oxygen atoms in total. The average molecular weight is 456 g/mol. The first-order chi connectivity index (χ1) is 14.8. The van der Waals surface area contributed by atoms with Gasteiger partial charge in [-0.1, -0.05) is 17.7 Å². The summed E-state index contributed by atoms with van der Waals surface area (Å²) in [6.07, 6.45) is 0.840. The van der Waals surface area contributed by atoms with Crippen LogP contribution in [0.25, 0.3) is 0 Å². The van der Waals surface area contributed by atoms with Crippen LogP contribution in [0.3, 0.4) is 0 Å². The highest BCUT2D eigenvalue weighted by molar-refractivity contribution is 7.10. The molecule has 0 radical (unpaired) electrons. The van der Waals surface area contributed by atoms with Gasteiger partial charge >= 0.3 is 0 Å². The summed E-state index contributed by atoms with van der Waals surface area (Å²) in [5.41, 5.74) is 2.75. The van der Waals surface area contributed by atoms with Crippen LogP contribution in [-0.4, -0.2) is 28.2 Å². The molecule has 1 aromatic heterocycles. The van der Waals surface area contributed by atoms with Crippen molar-refractivity contribution in [3.05, 3.63) is 90.1 Å². The molecule has 0 fully saturated rings. The maximum Gasteiger partial charge on any atom is 0.270 e. The van der Waals surface area contributed by atoms with Crippen molar-refractivity contribution in [2.75, 3.05) is 11.9 Å². The van der Waals surface area contributed by atoms with Crippen LogP contribution in [0, 0.1) is 17.0 Å². The largest absolute Gasteiger partial charge is 0.334 e. The number of nitrogens with one attached hydrogen (secondary N) is 1. The Morgan fingerprint density at radius 2 is 2.00 bits per heavy atom. The zero-order valence-corrected chi connectivity index (χ0v) is 18.1. The number of hydrogen-bond acceptors (Lipinski definition) is 5. The SMILES string of the molecule is Cc1c(NC(=O)c2ccc([N+](=O)[O-])cc2Cl)cccc1C(=O)N1CCc2sccc2C1. The lowest BCUT2D eigenvalue weighted by molar-refractivity contribution is -0.384. The number of nitrogens with zero attached hydrogens (tertiary/aromatic N) is 2. The van der Waals surface area contributed by atoms with Crippen LogP contribution in [0.15, 0.2) is 47.8 Å². The van der Waals surface area contributed by atoms with Crippen LogP contribution in [0.2, 0.25) is 5.02 Å². The molecular formula is C22H18ClN3O4S. The Hall–Kier alpha value is -3.23. The fourth-order valence-electron chi connectivity index (χ4n) is 3.59. The zero-order chi connectivity index (χ0) is 22.1. The Kier molecular flexibility index (Phi) is 5.75. The molecule has 0 spiro atoms. The third-order valence-corrected chi connectivity index (χ3v) is 6.65. The number of halogens is 1. The Morgan fingerprint density at radius 3 is 2.74 bits per heavy atom. The van der Waals surface area contributed by atoms with Gasteiger partial charge in [0, 0.05) is 41.4 Å². The quantitative estimate of drug-likeness (QED) is 0.439. The number of hydrogen-bond donors (Lipinski definition) is 1. The van der Waals surface area contributed by atoms with E-state index < -0.39 is 10.8 Å². The maximum atomic E-state index is 13.1. The number of rotatable bonds is 4. The minimum atomic E-state index is -0.577. The van der Waals surface area contributed by atoms with E-state index in [1.807, 2.05) is 10.3 Å². The lowest BCUT2D eigenvalue weighted by atomic mass is 10.0. The summed E-state index contributed by atoms with van der Waals surface area (Å²) in [6, 6.07) is 10.9. The van der Waals surface area contributed by atoms with Gasteiger partial charge in [0.1, 0.15) is 0 Å². The molecule has 0 bridgehead atoms. The summed E-state index contributed by atoms with van der Waals surface area (Å²) in [5, 5.41) is 15.7. The van der Waals surface area contributed by atoms with Crippen molar-refractivity contribution in [1.82, 2.24) is 4.90 Å². The van der Waals surface area contributed by atoms with Crippen molar-refractivity contribution >= 4 is 46.1 Å². The minimum Gasteiger partial charge on any atom is -0.334 e. The second-order valence-electron chi connectivity index (χ2n) is 7.20. The smallest absolute Gasteiger partial charge is 0.270 e. The molecule has 3 aromatic rings. The Labute approximate surface area is 187 Å². The molecule has 0 aliphatic carbocycles. The van der Waals surface area contributed by atoms with Crippen LogP contribution in [0.1, 0.15) is 36.7 Å². The molecule has 0 unspecified atom stereocenters. The summed E-state index contributed by atoms with van der Waals surface area (Å²) in [5.74, 6) is -0.590. The van der Waals surface area contributed by atoms with E-state index >= 15 is 0 Å². The molecule has 4 rings (SSSR count). The van der Waals surface area contributed by atoms with E-state index in [9.17, 15) is 19.7 Å². The molecule has 2 aromatic carbocycles. The number of fused-ring (bicyclic) bond motifs is 1. The molecule has 9 heteroatoms. The van der Waals surface area contributed by atoms with Gasteiger partial charge in [-0.15, -0.1) is 11.3 Å². The third-order valence-electron chi connectivity index (χ3n) is 5.32. The summed E-state index contributed by atoms with van der Waals surface area (Å²) >= 11 is 7.78. The van der Waals surface area contributed by atoms with Gasteiger partial charge in [0.15, 0.2) is 0 Å². The van der Waals surface area contributed by atoms with Crippen molar-refractivity contribution in [2.24, 2.45) is 0 Å². The molecule has 1 N–H and O–H groups in total. The first-order valence-corrected chi connectivity index (χ1v) is 10.8. The molecule has 1 aliphatic heterocycles. The van der Waals surface area contributed by atoms with Gasteiger partial charge in [0.05, 0.1) is 15.5 Å². The van der Waals surface area contributed by atoms with Crippen LogP contribution in [0.5, 0.6) is 0 Å². The highest BCUT2D eigenvalue weighted by Crippen LogP contribution is 2.28. The van der Waals surface area contributed by atoms with Gasteiger partial charge in [-0.3, -0.25) is 19.7 Å². The van der Waals surface area contributed by atoms with Gasteiger partial charge in [-0.05, 0) is 54.1 Å². The molecule has 1 aliphatic rings. The van der Waals surface area contributed by atoms with E-state index in [-0.39, 0.29) is 22.2 Å². The van der Waals surface area contributed by atoms with Gasteiger partial charge in [0.2, 0.25) is 0 Å². The van der Waals surface area contributed by atoms with E-state index in [2.05, 4.69) is 11.4 Å². The van der Waals surface area contributed by atoms with Crippen molar-refractivity contribution in [1.29, 1.82) is 0 Å². The fraction of sp³-hybridized carbons (Fsp3) is 0.182. The van der Waals surface area contributed by atoms with Gasteiger partial charge in [0.25, 0.3) is 17.5 Å². The first kappa shape index (κ1) is 21.0. The van der Waals surface area contributed by atoms with E-state index in [0.29, 0.717) is 29.9 Å². The number of carbonyl (C=O) groups excluding carboxylic acids is 2. The van der Waals surface area contributed by atoms with Gasteiger partial charge < -0.3 is 10.2 Å². The third kappa shape index (κ3) is 4.17. The number of anilines is 1. The lowest BCUT2D eigenvalue weighted by Gasteiger charge is -2.28. The molecule has 2 heterocycles. The average Bonchev–Trinajstić information content (AvgIpc) is 3.22. The molecule has 158 valence electrons. The number of benzene rings is 2. The fourth-order valence-corrected chi connectivity index (χ4v) is 4.74. The molecule has 0 saturated heterocycles. The van der Waals surface area contributed by atoms with E-state index in [1.54, 1.807) is 36.5 Å². The number of carbonyl (C=O) groups is 2. The lowest BCUT2D eigenvalue weighted by Crippen LogP contribution is -2.35. The monoisotopic (exact) mass is 455 g/mol. The van der Waals surface area contributed by atoms with Crippen LogP contribution < -0.4 is 5.32 Å². The number of non-ortho nitro benzene ring substituents is 1. The van der Waals surface area contributed by atoms with Crippen molar-refractivity contribution < 1.29 is 14.5 Å². The second kappa shape index (κ2) is 8.49. The second-order valence-corrected chi connectivity index (χ2v) is 8.61. The molecule has 0 saturated carbocycles. The van der Waals surface area contributed by atoms with Gasteiger partial charge in [-0.25, -0.2) is 0 Å². The normalized spacial score (nSPS) is 12.9. The maximum absolute atomic E-state index is 13.1. The van der Waals surface area contributed by atoms with Crippen LogP contribution in [0.4, 0.5) is 11.4 Å². The van der Waals surface area contributed by atoms with E-state index in [4.69, 9.17) is 11.6 Å². The first-order valence-electron chi connectivity index (χ1n) is 9.54. The Morgan fingerprint density at radius 1 is 1.19 bits per heavy atom. The summed E-state index contributed by atoms with van der Waals surface area (Å²) in [4.78, 5) is 39.3. The summed E-state index contributed by atoms with van der Waals surface area (Å²) in [7, 11) is 0. The Balaban J connectivity index is 1.55. The van der Waals surface area contributed by atoms with Crippen LogP contribution in [-0.2, 0) is 13.0 Å². The van der Waals surface area contributed by atoms with Crippen molar-refractivity contribution in [3.8, 4) is 0 Å². The van der Waals surface area contributed by atoms with E-state index in [0.717, 1.165) is 12.5 Å². The number of thiophene rings is 1. The molecule has 2 amide bonds. The number of nitro groups is 1. The van der Waals surface area contributed by atoms with Crippen molar-refractivity contribution in [3.63, 3.8) is 0 Å². The summed E-state index contributed by atoms with van der Waals surface area (Å²) in [6.45, 7) is 3.01. The minimum absolute atomic E-state index is 0.0172. The highest BCUT2D eigenvalue weighted by Gasteiger charge is 2.24. The van der Waals surface area contributed by atoms with Crippen molar-refractivity contribution in [2.45, 2.75) is 19.9 Å². The zero-order valence-electron chi connectivity index (χ0n) is 16.6.